The minimum absolute atomic E-state index is 0.0640. The van der Waals surface area contributed by atoms with Gasteiger partial charge >= 0.3 is 0 Å². The molecular formula is C17H15ClN2O. The molecule has 0 fully saturated rings. The highest BCUT2D eigenvalue weighted by atomic mass is 35.5. The maximum Gasteiger partial charge on any atom is 0.240 e. The number of hydrogen-bond acceptors (Lipinski definition) is 2. The van der Waals surface area contributed by atoms with Crippen molar-refractivity contribution < 1.29 is 4.79 Å². The van der Waals surface area contributed by atoms with Crippen molar-refractivity contribution in [2.45, 2.75) is 19.4 Å². The highest BCUT2D eigenvalue weighted by Gasteiger charge is 2.31. The first-order chi connectivity index (χ1) is 10.1. The minimum atomic E-state index is -0.0867. The first-order valence-electron chi connectivity index (χ1n) is 6.83. The number of hydrogen-bond donors (Lipinski definition) is 0. The van der Waals surface area contributed by atoms with Crippen LogP contribution >= 0.6 is 11.6 Å². The van der Waals surface area contributed by atoms with E-state index >= 15 is 0 Å². The number of benzene rings is 2. The van der Waals surface area contributed by atoms with E-state index in [0.29, 0.717) is 11.4 Å². The first-order valence-corrected chi connectivity index (χ1v) is 7.21. The molecule has 3 rings (SSSR count). The van der Waals surface area contributed by atoms with Crippen molar-refractivity contribution in [3.05, 3.63) is 70.7 Å². The summed E-state index contributed by atoms with van der Waals surface area (Å²) < 4.78 is 0. The van der Waals surface area contributed by atoms with Crippen LogP contribution < -0.4 is 0 Å². The topological polar surface area (TPSA) is 32.7 Å². The lowest BCUT2D eigenvalue weighted by Crippen LogP contribution is -2.24. The number of hydrazone groups is 1. The summed E-state index contributed by atoms with van der Waals surface area (Å²) in [5.41, 5.74) is 2.98. The molecule has 0 N–H and O–H groups in total. The van der Waals surface area contributed by atoms with E-state index in [0.717, 1.165) is 16.8 Å². The standard InChI is InChI=1S/C17H15ClN2O/c1-12(21)20-17(14-8-5-9-15(18)10-14)11-16(19-20)13-6-3-2-4-7-13/h2-10,17H,11H2,1H3/t17-/m0/s1. The van der Waals surface area contributed by atoms with Gasteiger partial charge in [0.25, 0.3) is 0 Å². The largest absolute Gasteiger partial charge is 0.273 e. The molecule has 1 atom stereocenters. The summed E-state index contributed by atoms with van der Waals surface area (Å²) in [6, 6.07) is 17.5. The van der Waals surface area contributed by atoms with E-state index in [9.17, 15) is 4.79 Å². The Balaban J connectivity index is 1.95. The fraction of sp³-hybridized carbons (Fsp3) is 0.176. The second-order valence-electron chi connectivity index (χ2n) is 5.05. The summed E-state index contributed by atoms with van der Waals surface area (Å²) in [4.78, 5) is 11.9. The monoisotopic (exact) mass is 298 g/mol. The third-order valence-corrected chi connectivity index (χ3v) is 3.81. The molecule has 0 saturated heterocycles. The van der Waals surface area contributed by atoms with Gasteiger partial charge in [0.05, 0.1) is 11.8 Å². The Labute approximate surface area is 128 Å². The van der Waals surface area contributed by atoms with Gasteiger partial charge in [0.15, 0.2) is 0 Å². The molecule has 21 heavy (non-hydrogen) atoms. The Morgan fingerprint density at radius 3 is 2.62 bits per heavy atom. The lowest BCUT2D eigenvalue weighted by Gasteiger charge is -2.20. The van der Waals surface area contributed by atoms with Crippen molar-refractivity contribution in [2.24, 2.45) is 5.10 Å². The van der Waals surface area contributed by atoms with Gasteiger partial charge in [-0.15, -0.1) is 0 Å². The second-order valence-corrected chi connectivity index (χ2v) is 5.49. The average molecular weight is 299 g/mol. The van der Waals surface area contributed by atoms with E-state index in [1.807, 2.05) is 54.6 Å². The molecule has 1 heterocycles. The summed E-state index contributed by atoms with van der Waals surface area (Å²) >= 11 is 6.06. The Morgan fingerprint density at radius 1 is 1.19 bits per heavy atom. The van der Waals surface area contributed by atoms with Gasteiger partial charge in [-0.2, -0.15) is 5.10 Å². The number of carbonyl (C=O) groups excluding carboxylic acids is 1. The van der Waals surface area contributed by atoms with E-state index in [2.05, 4.69) is 5.10 Å². The minimum Gasteiger partial charge on any atom is -0.273 e. The summed E-state index contributed by atoms with van der Waals surface area (Å²) in [7, 11) is 0. The molecule has 0 radical (unpaired) electrons. The third kappa shape index (κ3) is 2.83. The predicted molar refractivity (Wildman–Crippen MR) is 84.3 cm³/mol. The Hall–Kier alpha value is -2.13. The zero-order valence-corrected chi connectivity index (χ0v) is 12.4. The Bertz CT molecular complexity index is 697. The van der Waals surface area contributed by atoms with Crippen LogP contribution in [0, 0.1) is 0 Å². The molecule has 4 heteroatoms. The van der Waals surface area contributed by atoms with Crippen LogP contribution in [0.5, 0.6) is 0 Å². The molecular weight excluding hydrogens is 284 g/mol. The molecule has 0 bridgehead atoms. The molecule has 1 aliphatic rings. The second kappa shape index (κ2) is 5.70. The van der Waals surface area contributed by atoms with E-state index in [4.69, 9.17) is 11.6 Å². The molecule has 0 spiro atoms. The lowest BCUT2D eigenvalue weighted by atomic mass is 9.98. The zero-order chi connectivity index (χ0) is 14.8. The van der Waals surface area contributed by atoms with E-state index in [1.54, 1.807) is 5.01 Å². The molecule has 1 amide bonds. The Morgan fingerprint density at radius 2 is 1.95 bits per heavy atom. The molecule has 2 aromatic carbocycles. The molecule has 0 saturated carbocycles. The van der Waals surface area contributed by atoms with Crippen LogP contribution in [-0.2, 0) is 4.79 Å². The van der Waals surface area contributed by atoms with E-state index in [-0.39, 0.29) is 11.9 Å². The van der Waals surface area contributed by atoms with Gasteiger partial charge in [-0.1, -0.05) is 54.1 Å². The summed E-state index contributed by atoms with van der Waals surface area (Å²) in [5, 5.41) is 6.72. The van der Waals surface area contributed by atoms with Gasteiger partial charge < -0.3 is 0 Å². The van der Waals surface area contributed by atoms with E-state index < -0.39 is 0 Å². The van der Waals surface area contributed by atoms with Gasteiger partial charge in [-0.3, -0.25) is 4.79 Å². The Kier molecular flexibility index (Phi) is 3.76. The predicted octanol–water partition coefficient (Wildman–Crippen LogP) is 4.04. The highest BCUT2D eigenvalue weighted by Crippen LogP contribution is 2.33. The van der Waals surface area contributed by atoms with Gasteiger partial charge in [0.1, 0.15) is 0 Å². The molecule has 106 valence electrons. The zero-order valence-electron chi connectivity index (χ0n) is 11.7. The van der Waals surface area contributed by atoms with Gasteiger partial charge in [0.2, 0.25) is 5.91 Å². The number of nitrogens with zero attached hydrogens (tertiary/aromatic N) is 2. The van der Waals surface area contributed by atoms with Crippen LogP contribution in [0.2, 0.25) is 5.02 Å². The maximum absolute atomic E-state index is 11.9. The number of halogens is 1. The van der Waals surface area contributed by atoms with Crippen molar-refractivity contribution in [3.63, 3.8) is 0 Å². The molecule has 2 aromatic rings. The van der Waals surface area contributed by atoms with Crippen LogP contribution in [-0.4, -0.2) is 16.6 Å². The van der Waals surface area contributed by atoms with Crippen molar-refractivity contribution >= 4 is 23.2 Å². The van der Waals surface area contributed by atoms with Crippen LogP contribution in [0.3, 0.4) is 0 Å². The first kappa shape index (κ1) is 13.8. The van der Waals surface area contributed by atoms with Crippen molar-refractivity contribution in [2.75, 3.05) is 0 Å². The van der Waals surface area contributed by atoms with E-state index in [1.165, 1.54) is 6.92 Å². The average Bonchev–Trinajstić information content (AvgIpc) is 2.93. The SMILES string of the molecule is CC(=O)N1N=C(c2ccccc2)C[C@H]1c1cccc(Cl)c1. The number of carbonyl (C=O) groups is 1. The number of amides is 1. The quantitative estimate of drug-likeness (QED) is 0.823. The van der Waals surface area contributed by atoms with Crippen LogP contribution in [0.25, 0.3) is 0 Å². The van der Waals surface area contributed by atoms with Crippen molar-refractivity contribution in [3.8, 4) is 0 Å². The molecule has 0 aliphatic carbocycles. The smallest absolute Gasteiger partial charge is 0.240 e. The highest BCUT2D eigenvalue weighted by molar-refractivity contribution is 6.30. The summed E-state index contributed by atoms with van der Waals surface area (Å²) in [5.74, 6) is -0.0640. The van der Waals surface area contributed by atoms with Crippen LogP contribution in [0.15, 0.2) is 59.7 Å². The molecule has 1 aliphatic heterocycles. The molecule has 3 nitrogen and oxygen atoms in total. The number of rotatable bonds is 2. The third-order valence-electron chi connectivity index (χ3n) is 3.57. The fourth-order valence-corrected chi connectivity index (χ4v) is 2.78. The normalized spacial score (nSPS) is 17.7. The van der Waals surface area contributed by atoms with Crippen molar-refractivity contribution in [1.29, 1.82) is 0 Å². The van der Waals surface area contributed by atoms with Gasteiger partial charge in [-0.25, -0.2) is 5.01 Å². The lowest BCUT2D eigenvalue weighted by molar-refractivity contribution is -0.130. The molecule has 0 unspecified atom stereocenters. The van der Waals surface area contributed by atoms with Crippen molar-refractivity contribution in [1.82, 2.24) is 5.01 Å². The van der Waals surface area contributed by atoms with Gasteiger partial charge in [0, 0.05) is 18.4 Å². The summed E-state index contributed by atoms with van der Waals surface area (Å²) in [6.45, 7) is 1.54. The summed E-state index contributed by atoms with van der Waals surface area (Å²) in [6.07, 6.45) is 0.698. The molecule has 0 aromatic heterocycles. The van der Waals surface area contributed by atoms with Crippen LogP contribution in [0.1, 0.15) is 30.5 Å². The van der Waals surface area contributed by atoms with Gasteiger partial charge in [-0.05, 0) is 23.3 Å². The fourth-order valence-electron chi connectivity index (χ4n) is 2.58. The van der Waals surface area contributed by atoms with Crippen LogP contribution in [0.4, 0.5) is 0 Å². The maximum atomic E-state index is 11.9.